The first-order valence-electron chi connectivity index (χ1n) is 7.31. The number of benzene rings is 1. The average Bonchev–Trinajstić information content (AvgIpc) is 2.49. The number of nitro benzene ring substituents is 1. The Balaban J connectivity index is 2.88. The molecule has 0 spiro atoms. The lowest BCUT2D eigenvalue weighted by molar-refractivity contribution is -0.385. The molecule has 0 bridgehead atoms. The van der Waals surface area contributed by atoms with E-state index >= 15 is 0 Å². The Morgan fingerprint density at radius 2 is 2.00 bits per heavy atom. The van der Waals surface area contributed by atoms with E-state index in [1.54, 1.807) is 20.8 Å². The van der Waals surface area contributed by atoms with Crippen molar-refractivity contribution in [3.8, 4) is 5.75 Å². The molecule has 1 aromatic carbocycles. The predicted molar refractivity (Wildman–Crippen MR) is 89.9 cm³/mol. The lowest BCUT2D eigenvalue weighted by atomic mass is 10.0. The number of carbonyl (C=O) groups is 1. The second-order valence-corrected chi connectivity index (χ2v) is 6.60. The quantitative estimate of drug-likeness (QED) is 0.512. The van der Waals surface area contributed by atoms with Crippen molar-refractivity contribution < 1.29 is 29.4 Å². The molecule has 2 unspecified atom stereocenters. The van der Waals surface area contributed by atoms with Crippen LogP contribution in [0.2, 0.25) is 5.02 Å². The molecule has 10 heteroatoms. The van der Waals surface area contributed by atoms with Gasteiger partial charge < -0.3 is 25.0 Å². The Morgan fingerprint density at radius 1 is 1.40 bits per heavy atom. The molecule has 3 N–H and O–H groups in total. The number of nitrogens with zero attached hydrogens (tertiary/aromatic N) is 1. The molecule has 1 rings (SSSR count). The van der Waals surface area contributed by atoms with Crippen LogP contribution in [0.25, 0.3) is 0 Å². The largest absolute Gasteiger partial charge is 0.490 e. The first-order chi connectivity index (χ1) is 11.5. The number of nitro groups is 1. The summed E-state index contributed by atoms with van der Waals surface area (Å²) in [5, 5.41) is 33.5. The maximum atomic E-state index is 11.6. The van der Waals surface area contributed by atoms with Gasteiger partial charge in [-0.25, -0.2) is 4.79 Å². The number of aliphatic hydroxyl groups excluding tert-OH is 2. The Kier molecular flexibility index (Phi) is 6.97. The molecule has 25 heavy (non-hydrogen) atoms. The van der Waals surface area contributed by atoms with Gasteiger partial charge in [-0.15, -0.1) is 0 Å². The van der Waals surface area contributed by atoms with E-state index in [0.717, 1.165) is 6.07 Å². The van der Waals surface area contributed by atoms with Crippen LogP contribution in [0.5, 0.6) is 5.75 Å². The summed E-state index contributed by atoms with van der Waals surface area (Å²) >= 11 is 5.99. The summed E-state index contributed by atoms with van der Waals surface area (Å²) in [7, 11) is 1.24. The van der Waals surface area contributed by atoms with Crippen molar-refractivity contribution in [2.45, 2.75) is 38.6 Å². The second-order valence-electron chi connectivity index (χ2n) is 6.20. The number of hydrogen-bond acceptors (Lipinski definition) is 7. The fourth-order valence-electron chi connectivity index (χ4n) is 1.91. The third-order valence-electron chi connectivity index (χ3n) is 3.03. The van der Waals surface area contributed by atoms with Crippen molar-refractivity contribution in [3.05, 3.63) is 32.8 Å². The normalized spacial score (nSPS) is 13.7. The zero-order chi connectivity index (χ0) is 19.4. The molecule has 1 amide bonds. The standard InChI is InChI=1S/C15H21ClN2O7/c1-15(2,3)25-14(21)17-7-11(19)13(20)8-5-10(18(22)23)12(24-4)6-9(8)16/h5-6,11,13,19-20H,7H2,1-4H3,(H,17,21). The van der Waals surface area contributed by atoms with E-state index in [-0.39, 0.29) is 22.9 Å². The molecule has 0 fully saturated rings. The summed E-state index contributed by atoms with van der Waals surface area (Å²) in [4.78, 5) is 21.9. The third-order valence-corrected chi connectivity index (χ3v) is 3.36. The number of methoxy groups -OCH3 is 1. The highest BCUT2D eigenvalue weighted by molar-refractivity contribution is 6.31. The molecular formula is C15H21ClN2O7. The molecule has 0 aliphatic heterocycles. The summed E-state index contributed by atoms with van der Waals surface area (Å²) in [6.45, 7) is 4.68. The van der Waals surface area contributed by atoms with Crippen molar-refractivity contribution in [1.29, 1.82) is 0 Å². The van der Waals surface area contributed by atoms with Crippen molar-refractivity contribution in [2.75, 3.05) is 13.7 Å². The molecule has 0 radical (unpaired) electrons. The molecule has 0 heterocycles. The second kappa shape index (κ2) is 8.32. The SMILES string of the molecule is COc1cc(Cl)c(C(O)C(O)CNC(=O)OC(C)(C)C)cc1[N+](=O)[O-]. The summed E-state index contributed by atoms with van der Waals surface area (Å²) in [5.41, 5.74) is -1.19. The van der Waals surface area contributed by atoms with Gasteiger partial charge in [0.25, 0.3) is 0 Å². The summed E-state index contributed by atoms with van der Waals surface area (Å²) in [6, 6.07) is 2.19. The van der Waals surface area contributed by atoms with Crippen molar-refractivity contribution in [2.24, 2.45) is 0 Å². The van der Waals surface area contributed by atoms with E-state index in [2.05, 4.69) is 5.32 Å². The Hall–Kier alpha value is -2.10. The number of halogens is 1. The number of aliphatic hydroxyl groups is 2. The molecular weight excluding hydrogens is 356 g/mol. The van der Waals surface area contributed by atoms with Crippen LogP contribution in [0.4, 0.5) is 10.5 Å². The predicted octanol–water partition coefficient (Wildman–Crippen LogP) is 2.18. The number of rotatable bonds is 6. The number of amides is 1. The number of hydrogen-bond donors (Lipinski definition) is 3. The van der Waals surface area contributed by atoms with Gasteiger partial charge in [0.15, 0.2) is 5.75 Å². The molecule has 0 aliphatic rings. The highest BCUT2D eigenvalue weighted by Crippen LogP contribution is 2.36. The summed E-state index contributed by atoms with van der Waals surface area (Å²) < 4.78 is 9.87. The van der Waals surface area contributed by atoms with Gasteiger partial charge in [-0.3, -0.25) is 10.1 Å². The van der Waals surface area contributed by atoms with Gasteiger partial charge >= 0.3 is 11.8 Å². The molecule has 9 nitrogen and oxygen atoms in total. The maximum absolute atomic E-state index is 11.6. The topological polar surface area (TPSA) is 131 Å². The van der Waals surface area contributed by atoms with Gasteiger partial charge in [-0.05, 0) is 20.8 Å². The number of carbonyl (C=O) groups excluding carboxylic acids is 1. The Bertz CT molecular complexity index is 646. The number of ether oxygens (including phenoxy) is 2. The smallest absolute Gasteiger partial charge is 0.407 e. The van der Waals surface area contributed by atoms with Gasteiger partial charge in [-0.2, -0.15) is 0 Å². The molecule has 2 atom stereocenters. The van der Waals surface area contributed by atoms with Crippen LogP contribution < -0.4 is 10.1 Å². The summed E-state index contributed by atoms with van der Waals surface area (Å²) in [5.74, 6) is -0.0766. The minimum absolute atomic E-state index is 0.0220. The minimum atomic E-state index is -1.56. The highest BCUT2D eigenvalue weighted by atomic mass is 35.5. The number of nitrogens with one attached hydrogen (secondary N) is 1. The average molecular weight is 377 g/mol. The van der Waals surface area contributed by atoms with E-state index < -0.39 is 34.5 Å². The lowest BCUT2D eigenvalue weighted by Crippen LogP contribution is -2.38. The van der Waals surface area contributed by atoms with E-state index in [4.69, 9.17) is 21.1 Å². The van der Waals surface area contributed by atoms with Gasteiger partial charge in [0.2, 0.25) is 0 Å². The van der Waals surface area contributed by atoms with Gasteiger partial charge in [0.05, 0.1) is 17.1 Å². The van der Waals surface area contributed by atoms with Crippen LogP contribution >= 0.6 is 11.6 Å². The van der Waals surface area contributed by atoms with Crippen molar-refractivity contribution >= 4 is 23.4 Å². The van der Waals surface area contributed by atoms with E-state index in [0.29, 0.717) is 0 Å². The van der Waals surface area contributed by atoms with Crippen LogP contribution in [0, 0.1) is 10.1 Å². The molecule has 1 aromatic rings. The molecule has 0 aromatic heterocycles. The monoisotopic (exact) mass is 376 g/mol. The van der Waals surface area contributed by atoms with Crippen LogP contribution in [-0.2, 0) is 4.74 Å². The highest BCUT2D eigenvalue weighted by Gasteiger charge is 2.27. The van der Waals surface area contributed by atoms with Crippen LogP contribution in [0.1, 0.15) is 32.4 Å². The van der Waals surface area contributed by atoms with Crippen LogP contribution in [0.3, 0.4) is 0 Å². The fraction of sp³-hybridized carbons (Fsp3) is 0.533. The van der Waals surface area contributed by atoms with E-state index in [1.807, 2.05) is 0 Å². The Morgan fingerprint density at radius 3 is 2.48 bits per heavy atom. The fourth-order valence-corrected chi connectivity index (χ4v) is 2.18. The number of alkyl carbamates (subject to hydrolysis) is 1. The van der Waals surface area contributed by atoms with Crippen LogP contribution in [0.15, 0.2) is 12.1 Å². The lowest BCUT2D eigenvalue weighted by Gasteiger charge is -2.22. The molecule has 0 saturated heterocycles. The third kappa shape index (κ3) is 6.04. The van der Waals surface area contributed by atoms with E-state index in [1.165, 1.54) is 13.2 Å². The maximum Gasteiger partial charge on any atom is 0.407 e. The van der Waals surface area contributed by atoms with Crippen molar-refractivity contribution in [3.63, 3.8) is 0 Å². The van der Waals surface area contributed by atoms with Gasteiger partial charge in [-0.1, -0.05) is 11.6 Å². The van der Waals surface area contributed by atoms with Gasteiger partial charge in [0, 0.05) is 24.2 Å². The molecule has 0 saturated carbocycles. The minimum Gasteiger partial charge on any atom is -0.490 e. The van der Waals surface area contributed by atoms with E-state index in [9.17, 15) is 25.1 Å². The van der Waals surface area contributed by atoms with Gasteiger partial charge in [0.1, 0.15) is 17.8 Å². The first-order valence-corrected chi connectivity index (χ1v) is 7.69. The first kappa shape index (κ1) is 20.9. The molecule has 0 aliphatic carbocycles. The zero-order valence-corrected chi connectivity index (χ0v) is 15.0. The molecule has 140 valence electrons. The van der Waals surface area contributed by atoms with Crippen molar-refractivity contribution in [1.82, 2.24) is 5.32 Å². The van der Waals surface area contributed by atoms with Crippen LogP contribution in [-0.4, -0.2) is 46.6 Å². The Labute approximate surface area is 149 Å². The summed E-state index contributed by atoms with van der Waals surface area (Å²) in [6.07, 6.45) is -3.80. The zero-order valence-electron chi connectivity index (χ0n) is 14.3.